The summed E-state index contributed by atoms with van der Waals surface area (Å²) in [6.45, 7) is 5.30. The lowest BCUT2D eigenvalue weighted by Gasteiger charge is -2.66. The quantitative estimate of drug-likeness (QED) is 0.225. The Bertz CT molecular complexity index is 1320. The fraction of sp³-hybridized carbons (Fsp3) is 0.576. The highest BCUT2D eigenvalue weighted by Gasteiger charge is 2.75. The Morgan fingerprint density at radius 2 is 1.76 bits per heavy atom. The Morgan fingerprint density at radius 1 is 1.07 bits per heavy atom. The van der Waals surface area contributed by atoms with Gasteiger partial charge in [0.1, 0.15) is 6.04 Å². The Kier molecular flexibility index (Phi) is 8.17. The molecule has 3 heterocycles. The molecule has 224 valence electrons. The van der Waals surface area contributed by atoms with E-state index in [9.17, 15) is 19.7 Å². The minimum absolute atomic E-state index is 0.0129. The monoisotopic (exact) mass is 636 g/mol. The van der Waals surface area contributed by atoms with Gasteiger partial charge < -0.3 is 10.2 Å². The summed E-state index contributed by atoms with van der Waals surface area (Å²) in [4.78, 5) is 44.0. The Balaban J connectivity index is 1.51. The number of halogens is 1. The first kappa shape index (κ1) is 29.3. The standard InChI is InChI=1S/C33H41BrN4O4/c1-3-10-26-28-29(34)27-20-36(19-22-11-6-4-7-12-22)31(26)33(27,23-15-17-25(18-16-23)38(41)42)37(21(2)39)30(28)32(40)35-24-13-8-5-9-14-24/h4,6-7,11-12,15-18,24,26-31H,3,5,8-10,13-14,19-20H2,1-2H3,(H,35,40)/t26-,27-,28+,29-,30+,31+,33+/m1/s1. The number of benzene rings is 2. The number of piperidine rings is 2. The molecule has 0 unspecified atom stereocenters. The number of amides is 2. The molecule has 5 aliphatic rings. The predicted molar refractivity (Wildman–Crippen MR) is 165 cm³/mol. The zero-order valence-corrected chi connectivity index (χ0v) is 26.0. The van der Waals surface area contributed by atoms with Crippen LogP contribution < -0.4 is 5.32 Å². The summed E-state index contributed by atoms with van der Waals surface area (Å²) in [6, 6.07) is 16.7. The molecule has 2 aliphatic carbocycles. The van der Waals surface area contributed by atoms with Crippen molar-refractivity contribution >= 4 is 33.4 Å². The third-order valence-corrected chi connectivity index (χ3v) is 11.7. The van der Waals surface area contributed by atoms with Crippen LogP contribution in [0.5, 0.6) is 0 Å². The number of nitro benzene ring substituents is 1. The van der Waals surface area contributed by atoms with Gasteiger partial charge in [0, 0.05) is 60.9 Å². The number of alkyl halides is 1. The number of rotatable bonds is 8. The summed E-state index contributed by atoms with van der Waals surface area (Å²) >= 11 is 4.15. The van der Waals surface area contributed by atoms with E-state index < -0.39 is 11.6 Å². The van der Waals surface area contributed by atoms with Crippen LogP contribution in [-0.4, -0.2) is 56.0 Å². The third kappa shape index (κ3) is 4.67. The lowest BCUT2D eigenvalue weighted by Crippen LogP contribution is -2.79. The first-order chi connectivity index (χ1) is 20.3. The molecule has 2 aromatic carbocycles. The number of non-ortho nitro benzene ring substituents is 1. The van der Waals surface area contributed by atoms with Gasteiger partial charge in [-0.3, -0.25) is 24.6 Å². The topological polar surface area (TPSA) is 95.8 Å². The zero-order valence-electron chi connectivity index (χ0n) is 24.5. The van der Waals surface area contributed by atoms with Crippen molar-refractivity contribution in [1.29, 1.82) is 0 Å². The summed E-state index contributed by atoms with van der Waals surface area (Å²) < 4.78 is 0. The maximum absolute atomic E-state index is 14.4. The van der Waals surface area contributed by atoms with Gasteiger partial charge in [-0.25, -0.2) is 0 Å². The van der Waals surface area contributed by atoms with Crippen LogP contribution in [0.1, 0.15) is 69.9 Å². The fourth-order valence-electron chi connectivity index (χ4n) is 9.11. The van der Waals surface area contributed by atoms with Gasteiger partial charge in [-0.15, -0.1) is 0 Å². The number of nitrogens with zero attached hydrogens (tertiary/aromatic N) is 3. The minimum atomic E-state index is -0.799. The van der Waals surface area contributed by atoms with Gasteiger partial charge in [0.15, 0.2) is 0 Å². The molecule has 2 saturated carbocycles. The number of carbonyl (C=O) groups excluding carboxylic acids is 2. The van der Waals surface area contributed by atoms with Crippen molar-refractivity contribution < 1.29 is 14.5 Å². The van der Waals surface area contributed by atoms with Gasteiger partial charge in [-0.2, -0.15) is 0 Å². The Labute approximate surface area is 256 Å². The van der Waals surface area contributed by atoms with Crippen LogP contribution in [0, 0.1) is 27.9 Å². The Hall–Kier alpha value is -2.78. The maximum Gasteiger partial charge on any atom is 0.269 e. The van der Waals surface area contributed by atoms with E-state index in [2.05, 4.69) is 57.3 Å². The highest BCUT2D eigenvalue weighted by molar-refractivity contribution is 9.09. The molecule has 3 saturated heterocycles. The second-order valence-corrected chi connectivity index (χ2v) is 13.8. The number of nitro groups is 1. The molecule has 42 heavy (non-hydrogen) atoms. The Morgan fingerprint density at radius 3 is 2.38 bits per heavy atom. The van der Waals surface area contributed by atoms with Crippen LogP contribution in [0.3, 0.4) is 0 Å². The van der Waals surface area contributed by atoms with Gasteiger partial charge in [0.25, 0.3) is 5.69 Å². The molecule has 1 N–H and O–H groups in total. The summed E-state index contributed by atoms with van der Waals surface area (Å²) in [5, 5.41) is 15.0. The molecule has 8 nitrogen and oxygen atoms in total. The summed E-state index contributed by atoms with van der Waals surface area (Å²) in [7, 11) is 0. The molecule has 2 aromatic rings. The maximum atomic E-state index is 14.4. The summed E-state index contributed by atoms with van der Waals surface area (Å²) in [6.07, 6.45) is 7.27. The number of likely N-dealkylation sites (tertiary alicyclic amines) is 1. The molecule has 0 radical (unpaired) electrons. The number of nitrogens with one attached hydrogen (secondary N) is 1. The minimum Gasteiger partial charge on any atom is -0.352 e. The van der Waals surface area contributed by atoms with Crippen molar-refractivity contribution in [3.63, 3.8) is 0 Å². The predicted octanol–water partition coefficient (Wildman–Crippen LogP) is 5.78. The van der Waals surface area contributed by atoms with Crippen molar-refractivity contribution in [2.45, 2.75) is 93.8 Å². The highest BCUT2D eigenvalue weighted by Crippen LogP contribution is 2.65. The second-order valence-electron chi connectivity index (χ2n) is 12.7. The van der Waals surface area contributed by atoms with E-state index in [1.54, 1.807) is 19.1 Å². The van der Waals surface area contributed by atoms with Crippen molar-refractivity contribution in [2.24, 2.45) is 17.8 Å². The van der Waals surface area contributed by atoms with Crippen LogP contribution in [-0.2, 0) is 21.7 Å². The van der Waals surface area contributed by atoms with Crippen LogP contribution in [0.2, 0.25) is 0 Å². The third-order valence-electron chi connectivity index (χ3n) is 10.5. The molecule has 5 fully saturated rings. The first-order valence-corrected chi connectivity index (χ1v) is 16.5. The molecule has 7 rings (SSSR count). The van der Waals surface area contributed by atoms with Crippen molar-refractivity contribution in [2.75, 3.05) is 6.54 Å². The van der Waals surface area contributed by atoms with Gasteiger partial charge in [-0.1, -0.05) is 78.9 Å². The van der Waals surface area contributed by atoms with Crippen LogP contribution >= 0.6 is 15.9 Å². The molecule has 7 atom stereocenters. The normalized spacial score (nSPS) is 32.6. The molecule has 2 amide bonds. The van der Waals surface area contributed by atoms with E-state index in [1.165, 1.54) is 12.0 Å². The van der Waals surface area contributed by atoms with Gasteiger partial charge in [-0.05, 0) is 48.4 Å². The first-order valence-electron chi connectivity index (χ1n) is 15.6. The smallest absolute Gasteiger partial charge is 0.269 e. The van der Waals surface area contributed by atoms with E-state index in [0.29, 0.717) is 0 Å². The second kappa shape index (κ2) is 11.7. The molecular formula is C33H41BrN4O4. The summed E-state index contributed by atoms with van der Waals surface area (Å²) in [5.74, 6) is -0.0170. The number of hydrogen-bond donors (Lipinski definition) is 1. The number of fused-ring (bicyclic) bond motifs is 1. The number of hydrogen-bond acceptors (Lipinski definition) is 5. The molecule has 0 spiro atoms. The highest BCUT2D eigenvalue weighted by atomic mass is 79.9. The van der Waals surface area contributed by atoms with Gasteiger partial charge in [0.05, 0.1) is 10.5 Å². The SMILES string of the molecule is CCC[C@@H]1[C@H]2[C@H](Br)[C@H]3CN(Cc4ccccc4)[C@@H]1[C@@]3(c1ccc([N+](=O)[O-])cc1)N(C(C)=O)[C@@H]2C(=O)NC1CCCCC1. The van der Waals surface area contributed by atoms with Crippen LogP contribution in [0.15, 0.2) is 54.6 Å². The van der Waals surface area contributed by atoms with Crippen molar-refractivity contribution in [1.82, 2.24) is 15.1 Å². The van der Waals surface area contributed by atoms with Gasteiger partial charge in [0.2, 0.25) is 11.8 Å². The van der Waals surface area contributed by atoms with Crippen molar-refractivity contribution in [3.05, 3.63) is 75.8 Å². The van der Waals surface area contributed by atoms with E-state index in [4.69, 9.17) is 0 Å². The van der Waals surface area contributed by atoms with Crippen LogP contribution in [0.25, 0.3) is 0 Å². The van der Waals surface area contributed by atoms with E-state index >= 15 is 0 Å². The average Bonchev–Trinajstić information content (AvgIpc) is 3.28. The molecule has 3 aliphatic heterocycles. The number of carbonyl (C=O) groups is 2. The van der Waals surface area contributed by atoms with E-state index in [0.717, 1.165) is 57.2 Å². The molecule has 0 aromatic heterocycles. The lowest BCUT2D eigenvalue weighted by atomic mass is 9.53. The van der Waals surface area contributed by atoms with Crippen LogP contribution in [0.4, 0.5) is 5.69 Å². The van der Waals surface area contributed by atoms with E-state index in [1.807, 2.05) is 23.1 Å². The molecule has 9 heteroatoms. The van der Waals surface area contributed by atoms with E-state index in [-0.39, 0.29) is 57.1 Å². The fourth-order valence-corrected chi connectivity index (χ4v) is 10.4. The lowest BCUT2D eigenvalue weighted by molar-refractivity contribution is -0.384. The van der Waals surface area contributed by atoms with Gasteiger partial charge >= 0.3 is 0 Å². The zero-order chi connectivity index (χ0) is 29.6. The van der Waals surface area contributed by atoms with Crippen molar-refractivity contribution in [3.8, 4) is 0 Å². The average molecular weight is 638 g/mol. The molecular weight excluding hydrogens is 596 g/mol. The summed E-state index contributed by atoms with van der Waals surface area (Å²) in [5.41, 5.74) is 1.32. The molecule has 4 bridgehead atoms. The largest absolute Gasteiger partial charge is 0.352 e.